The summed E-state index contributed by atoms with van der Waals surface area (Å²) in [6.07, 6.45) is 3.39. The lowest BCUT2D eigenvalue weighted by atomic mass is 10.2. The second-order valence-electron chi connectivity index (χ2n) is 6.37. The lowest BCUT2D eigenvalue weighted by Crippen LogP contribution is -2.27. The first-order valence-electron chi connectivity index (χ1n) is 8.14. The topological polar surface area (TPSA) is 96.3 Å². The molecule has 0 bridgehead atoms. The Labute approximate surface area is 143 Å². The normalized spacial score (nSPS) is 10.6. The number of unbranched alkanes of at least 4 members (excludes halogenated alkanes) is 3. The fourth-order valence-electron chi connectivity index (χ4n) is 1.96. The number of anilines is 1. The molecule has 0 fully saturated rings. The van der Waals surface area contributed by atoms with E-state index in [-0.39, 0.29) is 0 Å². The summed E-state index contributed by atoms with van der Waals surface area (Å²) < 4.78 is 10.9. The molecule has 0 saturated carbocycles. The van der Waals surface area contributed by atoms with Gasteiger partial charge in [0.25, 0.3) is 0 Å². The molecule has 1 amide bonds. The molecule has 24 heavy (non-hydrogen) atoms. The van der Waals surface area contributed by atoms with Crippen LogP contribution in [-0.4, -0.2) is 24.8 Å². The van der Waals surface area contributed by atoms with Gasteiger partial charge in [-0.3, -0.25) is 5.32 Å². The monoisotopic (exact) mass is 334 g/mol. The zero-order valence-corrected chi connectivity index (χ0v) is 14.6. The van der Waals surface area contributed by atoms with E-state index in [1.165, 1.54) is 0 Å². The average molecular weight is 334 g/mol. The van der Waals surface area contributed by atoms with Crippen molar-refractivity contribution in [2.45, 2.75) is 52.1 Å². The van der Waals surface area contributed by atoms with E-state index in [1.807, 2.05) is 32.9 Å². The van der Waals surface area contributed by atoms with E-state index in [4.69, 9.17) is 15.0 Å². The Morgan fingerprint density at radius 2 is 2.00 bits per heavy atom. The Morgan fingerprint density at radius 1 is 1.25 bits per heavy atom. The average Bonchev–Trinajstić information content (AvgIpc) is 2.48. The van der Waals surface area contributed by atoms with Crippen LogP contribution in [0.2, 0.25) is 0 Å². The van der Waals surface area contributed by atoms with Gasteiger partial charge in [0.05, 0.1) is 6.61 Å². The summed E-state index contributed by atoms with van der Waals surface area (Å²) in [5.41, 5.74) is 8.27. The van der Waals surface area contributed by atoms with E-state index in [2.05, 4.69) is 15.3 Å². The molecule has 1 aromatic rings. The van der Waals surface area contributed by atoms with Crippen LogP contribution in [-0.2, 0) is 4.74 Å². The lowest BCUT2D eigenvalue weighted by molar-refractivity contribution is 0.0636. The molecular formula is C17H26N4O3. The largest absolute Gasteiger partial charge is 0.494 e. The van der Waals surface area contributed by atoms with E-state index in [9.17, 15) is 4.79 Å². The SMILES string of the molecule is CC(C)(C)OC(=O)Nc1cccc(OCCCCCCN=[N+]=[N-])c1. The molecule has 0 aromatic heterocycles. The molecule has 0 aliphatic carbocycles. The van der Waals surface area contributed by atoms with Gasteiger partial charge < -0.3 is 9.47 Å². The van der Waals surface area contributed by atoms with Crippen molar-refractivity contribution in [1.82, 2.24) is 0 Å². The molecule has 1 N–H and O–H groups in total. The molecule has 1 aromatic carbocycles. The second kappa shape index (κ2) is 10.4. The van der Waals surface area contributed by atoms with E-state index < -0.39 is 11.7 Å². The summed E-state index contributed by atoms with van der Waals surface area (Å²) in [4.78, 5) is 14.5. The molecule has 0 aliphatic rings. The Bertz CT molecular complexity index is 563. The van der Waals surface area contributed by atoms with Gasteiger partial charge in [0.2, 0.25) is 0 Å². The zero-order valence-electron chi connectivity index (χ0n) is 14.6. The van der Waals surface area contributed by atoms with Gasteiger partial charge in [0, 0.05) is 23.2 Å². The number of ether oxygens (including phenoxy) is 2. The van der Waals surface area contributed by atoms with E-state index in [0.29, 0.717) is 24.6 Å². The first kappa shape index (κ1) is 19.6. The van der Waals surface area contributed by atoms with Crippen molar-refractivity contribution in [2.24, 2.45) is 5.11 Å². The molecule has 1 rings (SSSR count). The highest BCUT2D eigenvalue weighted by atomic mass is 16.6. The molecule has 0 heterocycles. The Morgan fingerprint density at radius 3 is 2.71 bits per heavy atom. The molecule has 0 radical (unpaired) electrons. The Balaban J connectivity index is 2.30. The number of nitrogens with zero attached hydrogens (tertiary/aromatic N) is 3. The molecular weight excluding hydrogens is 308 g/mol. The van der Waals surface area contributed by atoms with E-state index in [0.717, 1.165) is 25.7 Å². The lowest BCUT2D eigenvalue weighted by Gasteiger charge is -2.19. The van der Waals surface area contributed by atoms with Crippen LogP contribution in [0.15, 0.2) is 29.4 Å². The van der Waals surface area contributed by atoms with Crippen molar-refractivity contribution in [3.63, 3.8) is 0 Å². The Hall–Kier alpha value is -2.40. The zero-order chi connectivity index (χ0) is 17.8. The van der Waals surface area contributed by atoms with Gasteiger partial charge in [0.15, 0.2) is 0 Å². The first-order chi connectivity index (χ1) is 11.4. The molecule has 0 unspecified atom stereocenters. The number of rotatable bonds is 9. The van der Waals surface area contributed by atoms with Crippen LogP contribution in [0.4, 0.5) is 10.5 Å². The fraction of sp³-hybridized carbons (Fsp3) is 0.588. The molecule has 0 atom stereocenters. The molecule has 0 spiro atoms. The molecule has 0 aliphatic heterocycles. The third kappa shape index (κ3) is 9.58. The summed E-state index contributed by atoms with van der Waals surface area (Å²) in [6.45, 7) is 6.61. The Kier molecular flexibility index (Phi) is 8.50. The van der Waals surface area contributed by atoms with Crippen molar-refractivity contribution in [3.8, 4) is 5.75 Å². The number of azide groups is 1. The minimum absolute atomic E-state index is 0.486. The molecule has 7 nitrogen and oxygen atoms in total. The number of amides is 1. The van der Waals surface area contributed by atoms with Crippen LogP contribution >= 0.6 is 0 Å². The maximum atomic E-state index is 11.7. The summed E-state index contributed by atoms with van der Waals surface area (Å²) in [5, 5.41) is 6.19. The van der Waals surface area contributed by atoms with Crippen LogP contribution in [0.25, 0.3) is 10.4 Å². The maximum absolute atomic E-state index is 11.7. The van der Waals surface area contributed by atoms with Crippen molar-refractivity contribution < 1.29 is 14.3 Å². The van der Waals surface area contributed by atoms with Crippen LogP contribution in [0.5, 0.6) is 5.75 Å². The highest BCUT2D eigenvalue weighted by Crippen LogP contribution is 2.19. The molecule has 0 saturated heterocycles. The third-order valence-electron chi connectivity index (χ3n) is 2.96. The quantitative estimate of drug-likeness (QED) is 0.288. The predicted octanol–water partition coefficient (Wildman–Crippen LogP) is 5.28. The second-order valence-corrected chi connectivity index (χ2v) is 6.37. The molecule has 132 valence electrons. The van der Waals surface area contributed by atoms with Crippen LogP contribution in [0.1, 0.15) is 46.5 Å². The number of carbonyl (C=O) groups is 1. The minimum Gasteiger partial charge on any atom is -0.494 e. The van der Waals surface area contributed by atoms with Gasteiger partial charge in [-0.2, -0.15) is 0 Å². The highest BCUT2D eigenvalue weighted by Gasteiger charge is 2.16. The number of carbonyl (C=O) groups excluding carboxylic acids is 1. The van der Waals surface area contributed by atoms with Crippen molar-refractivity contribution in [2.75, 3.05) is 18.5 Å². The summed E-state index contributed by atoms with van der Waals surface area (Å²) in [7, 11) is 0. The van der Waals surface area contributed by atoms with Crippen LogP contribution in [0, 0.1) is 0 Å². The number of nitrogens with one attached hydrogen (secondary N) is 1. The summed E-state index contributed by atoms with van der Waals surface area (Å²) in [5.74, 6) is 0.706. The summed E-state index contributed by atoms with van der Waals surface area (Å²) in [6, 6.07) is 7.22. The van der Waals surface area contributed by atoms with Crippen LogP contribution < -0.4 is 10.1 Å². The van der Waals surface area contributed by atoms with Crippen LogP contribution in [0.3, 0.4) is 0 Å². The highest BCUT2D eigenvalue weighted by molar-refractivity contribution is 5.85. The summed E-state index contributed by atoms with van der Waals surface area (Å²) >= 11 is 0. The van der Waals surface area contributed by atoms with Gasteiger partial charge >= 0.3 is 6.09 Å². The van der Waals surface area contributed by atoms with Gasteiger partial charge in [-0.05, 0) is 51.3 Å². The molecule has 7 heteroatoms. The number of benzene rings is 1. The maximum Gasteiger partial charge on any atom is 0.412 e. The standard InChI is InChI=1S/C17H26N4O3/c1-17(2,3)24-16(22)20-14-9-8-10-15(13-14)23-12-7-5-4-6-11-19-21-18/h8-10,13H,4-7,11-12H2,1-3H3,(H,20,22). The van der Waals surface area contributed by atoms with Gasteiger partial charge in [-0.25, -0.2) is 4.79 Å². The predicted molar refractivity (Wildman–Crippen MR) is 94.3 cm³/mol. The van der Waals surface area contributed by atoms with Gasteiger partial charge in [0.1, 0.15) is 11.4 Å². The van der Waals surface area contributed by atoms with E-state index >= 15 is 0 Å². The van der Waals surface area contributed by atoms with Crippen molar-refractivity contribution >= 4 is 11.8 Å². The van der Waals surface area contributed by atoms with Crippen molar-refractivity contribution in [1.29, 1.82) is 0 Å². The fourth-order valence-corrected chi connectivity index (χ4v) is 1.96. The number of hydrogen-bond acceptors (Lipinski definition) is 4. The smallest absolute Gasteiger partial charge is 0.412 e. The minimum atomic E-state index is -0.531. The third-order valence-corrected chi connectivity index (χ3v) is 2.96. The van der Waals surface area contributed by atoms with E-state index in [1.54, 1.807) is 12.1 Å². The number of hydrogen-bond donors (Lipinski definition) is 1. The first-order valence-corrected chi connectivity index (χ1v) is 8.14. The van der Waals surface area contributed by atoms with Crippen molar-refractivity contribution in [3.05, 3.63) is 34.7 Å². The van der Waals surface area contributed by atoms with Gasteiger partial charge in [-0.1, -0.05) is 24.0 Å². The van der Waals surface area contributed by atoms with Gasteiger partial charge in [-0.15, -0.1) is 0 Å².